The number of aromatic nitrogens is 3. The molecule has 0 spiro atoms. The number of rotatable bonds is 5. The van der Waals surface area contributed by atoms with Gasteiger partial charge in [0.2, 0.25) is 5.16 Å². The molecule has 0 radical (unpaired) electrons. The number of carbonyl (C=O) groups is 1. The summed E-state index contributed by atoms with van der Waals surface area (Å²) >= 11 is 1.20. The maximum Gasteiger partial charge on any atom is 0.316 e. The highest BCUT2D eigenvalue weighted by Crippen LogP contribution is 2.21. The molecule has 1 aromatic heterocycles. The zero-order valence-corrected chi connectivity index (χ0v) is 11.3. The number of nitrogens with two attached hydrogens (primary N) is 1. The van der Waals surface area contributed by atoms with Gasteiger partial charge in [-0.15, -0.1) is 10.2 Å². The van der Waals surface area contributed by atoms with Crippen molar-refractivity contribution in [3.63, 3.8) is 0 Å². The molecule has 100 valence electrons. The molecular weight excluding hydrogens is 264 g/mol. The van der Waals surface area contributed by atoms with Gasteiger partial charge in [0, 0.05) is 5.56 Å². The van der Waals surface area contributed by atoms with E-state index in [2.05, 4.69) is 10.2 Å². The highest BCUT2D eigenvalue weighted by molar-refractivity contribution is 7.99. The average molecular weight is 278 g/mol. The number of benzene rings is 1. The lowest BCUT2D eigenvalue weighted by molar-refractivity contribution is -0.139. The number of esters is 1. The average Bonchev–Trinajstić information content (AvgIpc) is 2.79. The van der Waals surface area contributed by atoms with Crippen molar-refractivity contribution in [1.82, 2.24) is 14.9 Å². The van der Waals surface area contributed by atoms with Crippen LogP contribution in [0.3, 0.4) is 0 Å². The fraction of sp³-hybridized carbons (Fsp3) is 0.250. The van der Waals surface area contributed by atoms with Gasteiger partial charge in [-0.05, 0) is 6.92 Å². The fourth-order valence-corrected chi connectivity index (χ4v) is 2.14. The van der Waals surface area contributed by atoms with Crippen LogP contribution in [-0.2, 0) is 9.53 Å². The SMILES string of the molecule is CCOC(=O)CSc1nnc(-c2ccccc2)n1N. The second kappa shape index (κ2) is 6.24. The Labute approximate surface area is 114 Å². The molecule has 2 N–H and O–H groups in total. The minimum absolute atomic E-state index is 0.165. The van der Waals surface area contributed by atoms with E-state index in [1.54, 1.807) is 6.92 Å². The lowest BCUT2D eigenvalue weighted by atomic mass is 10.2. The third kappa shape index (κ3) is 3.25. The van der Waals surface area contributed by atoms with Gasteiger partial charge in [-0.3, -0.25) is 4.79 Å². The standard InChI is InChI=1S/C12H14N4O2S/c1-2-18-10(17)8-19-12-15-14-11(16(12)13)9-6-4-3-5-7-9/h3-7H,2,8,13H2,1H3. The van der Waals surface area contributed by atoms with E-state index in [9.17, 15) is 4.79 Å². The third-order valence-corrected chi connectivity index (χ3v) is 3.24. The molecule has 0 saturated heterocycles. The van der Waals surface area contributed by atoms with Gasteiger partial charge in [0.25, 0.3) is 0 Å². The molecule has 0 aliphatic heterocycles. The lowest BCUT2D eigenvalue weighted by Gasteiger charge is -2.03. The van der Waals surface area contributed by atoms with E-state index in [-0.39, 0.29) is 11.7 Å². The number of hydrogen-bond acceptors (Lipinski definition) is 6. The van der Waals surface area contributed by atoms with Gasteiger partial charge in [-0.2, -0.15) is 0 Å². The normalized spacial score (nSPS) is 10.4. The molecule has 1 aromatic carbocycles. The van der Waals surface area contributed by atoms with Gasteiger partial charge >= 0.3 is 5.97 Å². The van der Waals surface area contributed by atoms with Crippen molar-refractivity contribution in [2.24, 2.45) is 0 Å². The molecule has 0 amide bonds. The summed E-state index contributed by atoms with van der Waals surface area (Å²) in [6, 6.07) is 9.50. The second-order valence-corrected chi connectivity index (χ2v) is 4.58. The maximum absolute atomic E-state index is 11.3. The Morgan fingerprint density at radius 1 is 1.37 bits per heavy atom. The van der Waals surface area contributed by atoms with E-state index in [1.165, 1.54) is 16.4 Å². The first-order valence-electron chi connectivity index (χ1n) is 5.76. The summed E-state index contributed by atoms with van der Waals surface area (Å²) < 4.78 is 6.21. The van der Waals surface area contributed by atoms with E-state index in [4.69, 9.17) is 10.6 Å². The first kappa shape index (κ1) is 13.4. The van der Waals surface area contributed by atoms with Crippen LogP contribution in [0.4, 0.5) is 0 Å². The molecule has 0 bridgehead atoms. The van der Waals surface area contributed by atoms with Gasteiger partial charge in [0.1, 0.15) is 0 Å². The summed E-state index contributed by atoms with van der Waals surface area (Å²) in [5.74, 6) is 6.35. The number of ether oxygens (including phenoxy) is 1. The van der Waals surface area contributed by atoms with Crippen LogP contribution >= 0.6 is 11.8 Å². The van der Waals surface area contributed by atoms with Gasteiger partial charge in [-0.1, -0.05) is 42.1 Å². The van der Waals surface area contributed by atoms with Gasteiger partial charge in [0.15, 0.2) is 5.82 Å². The fourth-order valence-electron chi connectivity index (χ4n) is 1.49. The predicted molar refractivity (Wildman–Crippen MR) is 73.0 cm³/mol. The molecule has 0 aliphatic rings. The molecular formula is C12H14N4O2S. The maximum atomic E-state index is 11.3. The van der Waals surface area contributed by atoms with Gasteiger partial charge < -0.3 is 10.6 Å². The molecule has 0 atom stereocenters. The Bertz CT molecular complexity index is 556. The van der Waals surface area contributed by atoms with E-state index in [0.29, 0.717) is 17.6 Å². The smallest absolute Gasteiger partial charge is 0.316 e. The highest BCUT2D eigenvalue weighted by atomic mass is 32.2. The van der Waals surface area contributed by atoms with Gasteiger partial charge in [0.05, 0.1) is 12.4 Å². The lowest BCUT2D eigenvalue weighted by Crippen LogP contribution is -2.13. The van der Waals surface area contributed by atoms with Crippen LogP contribution in [0.15, 0.2) is 35.5 Å². The monoisotopic (exact) mass is 278 g/mol. The largest absolute Gasteiger partial charge is 0.465 e. The summed E-state index contributed by atoms with van der Waals surface area (Å²) in [4.78, 5) is 11.3. The van der Waals surface area contributed by atoms with Crippen molar-refractivity contribution in [3.8, 4) is 11.4 Å². The second-order valence-electron chi connectivity index (χ2n) is 3.64. The van der Waals surface area contributed by atoms with Crippen molar-refractivity contribution in [2.75, 3.05) is 18.2 Å². The van der Waals surface area contributed by atoms with Crippen LogP contribution in [0.25, 0.3) is 11.4 Å². The number of carbonyl (C=O) groups excluding carboxylic acids is 1. The zero-order chi connectivity index (χ0) is 13.7. The first-order chi connectivity index (χ1) is 9.22. The molecule has 0 saturated carbocycles. The molecule has 1 heterocycles. The number of nitrogen functional groups attached to an aromatic ring is 1. The van der Waals surface area contributed by atoms with Crippen LogP contribution in [-0.4, -0.2) is 33.2 Å². The molecule has 0 unspecified atom stereocenters. The van der Waals surface area contributed by atoms with Crippen molar-refractivity contribution in [1.29, 1.82) is 0 Å². The molecule has 6 nitrogen and oxygen atoms in total. The van der Waals surface area contributed by atoms with Crippen molar-refractivity contribution in [2.45, 2.75) is 12.1 Å². The minimum Gasteiger partial charge on any atom is -0.465 e. The summed E-state index contributed by atoms with van der Waals surface area (Å²) in [6.07, 6.45) is 0. The van der Waals surface area contributed by atoms with E-state index >= 15 is 0 Å². The summed E-state index contributed by atoms with van der Waals surface area (Å²) in [7, 11) is 0. The molecule has 0 fully saturated rings. The molecule has 7 heteroatoms. The van der Waals surface area contributed by atoms with Crippen molar-refractivity contribution < 1.29 is 9.53 Å². The van der Waals surface area contributed by atoms with Crippen LogP contribution < -0.4 is 5.84 Å². The number of thioether (sulfide) groups is 1. The Morgan fingerprint density at radius 3 is 2.79 bits per heavy atom. The number of nitrogens with zero attached hydrogens (tertiary/aromatic N) is 3. The van der Waals surface area contributed by atoms with Crippen molar-refractivity contribution in [3.05, 3.63) is 30.3 Å². The Balaban J connectivity index is 2.09. The molecule has 2 rings (SSSR count). The van der Waals surface area contributed by atoms with Crippen LogP contribution in [0.5, 0.6) is 0 Å². The molecule has 2 aromatic rings. The molecule has 0 aliphatic carbocycles. The van der Waals surface area contributed by atoms with Gasteiger partial charge in [-0.25, -0.2) is 4.68 Å². The van der Waals surface area contributed by atoms with Crippen molar-refractivity contribution >= 4 is 17.7 Å². The number of hydrogen-bond donors (Lipinski definition) is 1. The third-order valence-electron chi connectivity index (χ3n) is 2.32. The van der Waals surface area contributed by atoms with Crippen LogP contribution in [0.2, 0.25) is 0 Å². The Kier molecular flexibility index (Phi) is 4.40. The Morgan fingerprint density at radius 2 is 2.11 bits per heavy atom. The first-order valence-corrected chi connectivity index (χ1v) is 6.75. The summed E-state index contributed by atoms with van der Waals surface area (Å²) in [6.45, 7) is 2.13. The van der Waals surface area contributed by atoms with E-state index < -0.39 is 0 Å². The minimum atomic E-state index is -0.295. The highest BCUT2D eigenvalue weighted by Gasteiger charge is 2.13. The zero-order valence-electron chi connectivity index (χ0n) is 10.4. The predicted octanol–water partition coefficient (Wildman–Crippen LogP) is 1.31. The topological polar surface area (TPSA) is 83.0 Å². The van der Waals surface area contributed by atoms with Crippen LogP contribution in [0.1, 0.15) is 6.92 Å². The van der Waals surface area contributed by atoms with Crippen LogP contribution in [0, 0.1) is 0 Å². The van der Waals surface area contributed by atoms with E-state index in [0.717, 1.165) is 5.56 Å². The Hall–Kier alpha value is -2.02. The van der Waals surface area contributed by atoms with E-state index in [1.807, 2.05) is 30.3 Å². The quantitative estimate of drug-likeness (QED) is 0.504. The molecule has 19 heavy (non-hydrogen) atoms. The summed E-state index contributed by atoms with van der Waals surface area (Å²) in [5, 5.41) is 8.47. The summed E-state index contributed by atoms with van der Waals surface area (Å²) in [5.41, 5.74) is 0.875.